The molecule has 1 heterocycles. The van der Waals surface area contributed by atoms with Crippen molar-refractivity contribution in [3.8, 4) is 0 Å². The number of rotatable bonds is 11. The van der Waals surface area contributed by atoms with Crippen LogP contribution < -0.4 is 5.32 Å². The van der Waals surface area contributed by atoms with Gasteiger partial charge in [-0.15, -0.1) is 0 Å². The fraction of sp³-hybridized carbons (Fsp3) is 0.455. The number of unbranched alkanes of at least 4 members (excludes halogenated alkanes) is 1. The van der Waals surface area contributed by atoms with E-state index in [-0.39, 0.29) is 24.3 Å². The number of benzene rings is 1. The van der Waals surface area contributed by atoms with Crippen LogP contribution in [0.1, 0.15) is 55.6 Å². The van der Waals surface area contributed by atoms with E-state index < -0.39 is 0 Å². The van der Waals surface area contributed by atoms with Gasteiger partial charge in [0.15, 0.2) is 0 Å². The Morgan fingerprint density at radius 3 is 2.61 bits per heavy atom. The van der Waals surface area contributed by atoms with Crippen molar-refractivity contribution in [2.45, 2.75) is 52.0 Å². The van der Waals surface area contributed by atoms with Gasteiger partial charge in [-0.25, -0.2) is 4.98 Å². The molecule has 6 heteroatoms. The van der Waals surface area contributed by atoms with E-state index in [0.717, 1.165) is 25.7 Å². The smallest absolute Gasteiger partial charge is 0.274 e. The topological polar surface area (TPSA) is 75.2 Å². The highest BCUT2D eigenvalue weighted by Gasteiger charge is 2.18. The zero-order valence-electron chi connectivity index (χ0n) is 16.8. The number of carbonyl (C=O) groups is 2. The van der Waals surface area contributed by atoms with Gasteiger partial charge >= 0.3 is 0 Å². The van der Waals surface area contributed by atoms with E-state index >= 15 is 0 Å². The summed E-state index contributed by atoms with van der Waals surface area (Å²) in [6, 6.07) is 10.3. The van der Waals surface area contributed by atoms with Crippen molar-refractivity contribution in [1.82, 2.24) is 20.2 Å². The van der Waals surface area contributed by atoms with Crippen molar-refractivity contribution in [1.29, 1.82) is 0 Å². The van der Waals surface area contributed by atoms with Gasteiger partial charge in [0.2, 0.25) is 5.91 Å². The van der Waals surface area contributed by atoms with E-state index in [4.69, 9.17) is 0 Å². The molecule has 2 aromatic rings. The molecule has 6 nitrogen and oxygen atoms in total. The maximum Gasteiger partial charge on any atom is 0.274 e. The average molecular weight is 383 g/mol. The lowest BCUT2D eigenvalue weighted by atomic mass is 10.1. The zero-order chi connectivity index (χ0) is 20.2. The molecular weight excluding hydrogens is 352 g/mol. The van der Waals surface area contributed by atoms with Crippen LogP contribution in [0.2, 0.25) is 0 Å². The van der Waals surface area contributed by atoms with Gasteiger partial charge in [0.25, 0.3) is 5.91 Å². The molecule has 2 rings (SSSR count). The first-order chi connectivity index (χ1) is 13.6. The first-order valence-corrected chi connectivity index (χ1v) is 9.98. The van der Waals surface area contributed by atoms with Gasteiger partial charge in [-0.3, -0.25) is 14.6 Å². The van der Waals surface area contributed by atoms with Gasteiger partial charge in [-0.05, 0) is 31.7 Å². The van der Waals surface area contributed by atoms with Crippen molar-refractivity contribution in [2.75, 3.05) is 13.1 Å². The van der Waals surface area contributed by atoms with E-state index in [1.54, 1.807) is 4.90 Å². The molecule has 0 aliphatic rings. The van der Waals surface area contributed by atoms with Crippen LogP contribution in [0.15, 0.2) is 48.9 Å². The van der Waals surface area contributed by atoms with Crippen LogP contribution in [-0.2, 0) is 11.2 Å². The molecule has 0 fully saturated rings. The van der Waals surface area contributed by atoms with Crippen LogP contribution in [0.25, 0.3) is 0 Å². The molecule has 0 aliphatic heterocycles. The summed E-state index contributed by atoms with van der Waals surface area (Å²) in [7, 11) is 0. The minimum Gasteiger partial charge on any atom is -0.354 e. The fourth-order valence-electron chi connectivity index (χ4n) is 2.92. The van der Waals surface area contributed by atoms with E-state index in [2.05, 4.69) is 34.3 Å². The molecule has 0 spiro atoms. The number of nitrogens with one attached hydrogen (secondary N) is 1. The number of aromatic nitrogens is 2. The summed E-state index contributed by atoms with van der Waals surface area (Å²) >= 11 is 0. The fourth-order valence-corrected chi connectivity index (χ4v) is 2.92. The van der Waals surface area contributed by atoms with Crippen molar-refractivity contribution < 1.29 is 9.59 Å². The minimum absolute atomic E-state index is 0.0333. The molecule has 0 aliphatic carbocycles. The van der Waals surface area contributed by atoms with Crippen molar-refractivity contribution in [3.63, 3.8) is 0 Å². The van der Waals surface area contributed by atoms with Gasteiger partial charge in [-0.2, -0.15) is 0 Å². The van der Waals surface area contributed by atoms with Gasteiger partial charge < -0.3 is 10.2 Å². The highest BCUT2D eigenvalue weighted by molar-refractivity contribution is 5.92. The standard InChI is InChI=1S/C22H30N4O2/c1-3-4-15-26(22(28)20-17-23-13-14-24-20)16-12-21(27)25-18(2)10-11-19-8-6-5-7-9-19/h5-9,13-14,17-18H,3-4,10-12,15-16H2,1-2H3,(H,25,27)/t18-/m0/s1. The van der Waals surface area contributed by atoms with Crippen molar-refractivity contribution in [2.24, 2.45) is 0 Å². The van der Waals surface area contributed by atoms with Crippen LogP contribution in [0, 0.1) is 0 Å². The number of hydrogen-bond acceptors (Lipinski definition) is 4. The molecule has 1 N–H and O–H groups in total. The number of nitrogens with zero attached hydrogens (tertiary/aromatic N) is 3. The summed E-state index contributed by atoms with van der Waals surface area (Å²) < 4.78 is 0. The normalized spacial score (nSPS) is 11.6. The molecule has 0 bridgehead atoms. The van der Waals surface area contributed by atoms with Crippen LogP contribution in [0.4, 0.5) is 0 Å². The molecule has 0 radical (unpaired) electrons. The molecule has 2 amide bonds. The van der Waals surface area contributed by atoms with Gasteiger partial charge in [0.1, 0.15) is 5.69 Å². The number of aryl methyl sites for hydroxylation is 1. The second kappa shape index (κ2) is 11.8. The summed E-state index contributed by atoms with van der Waals surface area (Å²) in [5, 5.41) is 3.04. The molecule has 1 aromatic heterocycles. The first-order valence-electron chi connectivity index (χ1n) is 9.98. The molecule has 0 saturated heterocycles. The third-order valence-corrected chi connectivity index (χ3v) is 4.58. The Kier molecular flexibility index (Phi) is 9.11. The molecule has 28 heavy (non-hydrogen) atoms. The third-order valence-electron chi connectivity index (χ3n) is 4.58. The highest BCUT2D eigenvalue weighted by atomic mass is 16.2. The van der Waals surface area contributed by atoms with E-state index in [0.29, 0.717) is 18.8 Å². The molecule has 1 atom stereocenters. The van der Waals surface area contributed by atoms with Crippen LogP contribution in [0.5, 0.6) is 0 Å². The highest BCUT2D eigenvalue weighted by Crippen LogP contribution is 2.06. The molecule has 1 aromatic carbocycles. The number of amides is 2. The second-order valence-electron chi connectivity index (χ2n) is 6.98. The molecule has 0 saturated carbocycles. The summed E-state index contributed by atoms with van der Waals surface area (Å²) in [5.74, 6) is -0.208. The third kappa shape index (κ3) is 7.47. The summed E-state index contributed by atoms with van der Waals surface area (Å²) in [5.41, 5.74) is 1.58. The van der Waals surface area contributed by atoms with Crippen LogP contribution >= 0.6 is 0 Å². The predicted molar refractivity (Wildman–Crippen MR) is 110 cm³/mol. The summed E-state index contributed by atoms with van der Waals surface area (Å²) in [6.07, 6.45) is 8.47. The minimum atomic E-state index is -0.175. The molecule has 150 valence electrons. The maximum absolute atomic E-state index is 12.6. The quantitative estimate of drug-likeness (QED) is 0.647. The Hall–Kier alpha value is -2.76. The Balaban J connectivity index is 1.80. The lowest BCUT2D eigenvalue weighted by Gasteiger charge is -2.22. The largest absolute Gasteiger partial charge is 0.354 e. The van der Waals surface area contributed by atoms with E-state index in [9.17, 15) is 9.59 Å². The summed E-state index contributed by atoms with van der Waals surface area (Å²) in [4.78, 5) is 34.7. The Bertz CT molecular complexity index is 722. The first kappa shape index (κ1) is 21.5. The second-order valence-corrected chi connectivity index (χ2v) is 6.98. The lowest BCUT2D eigenvalue weighted by Crippen LogP contribution is -2.38. The number of hydrogen-bond donors (Lipinski definition) is 1. The van der Waals surface area contributed by atoms with Crippen LogP contribution in [0.3, 0.4) is 0 Å². The van der Waals surface area contributed by atoms with E-state index in [1.165, 1.54) is 24.2 Å². The van der Waals surface area contributed by atoms with Crippen LogP contribution in [-0.4, -0.2) is 45.8 Å². The Labute approximate surface area is 167 Å². The molecule has 0 unspecified atom stereocenters. The zero-order valence-corrected chi connectivity index (χ0v) is 16.8. The monoisotopic (exact) mass is 382 g/mol. The predicted octanol–water partition coefficient (Wildman–Crippen LogP) is 3.25. The van der Waals surface area contributed by atoms with Gasteiger partial charge in [-0.1, -0.05) is 43.7 Å². The molecular formula is C22H30N4O2. The lowest BCUT2D eigenvalue weighted by molar-refractivity contribution is -0.121. The van der Waals surface area contributed by atoms with E-state index in [1.807, 2.05) is 25.1 Å². The Morgan fingerprint density at radius 2 is 1.93 bits per heavy atom. The van der Waals surface area contributed by atoms with Gasteiger partial charge in [0.05, 0.1) is 6.20 Å². The average Bonchev–Trinajstić information content (AvgIpc) is 2.73. The van der Waals surface area contributed by atoms with Gasteiger partial charge in [0, 0.05) is 37.9 Å². The van der Waals surface area contributed by atoms with Crippen molar-refractivity contribution in [3.05, 3.63) is 60.2 Å². The SMILES string of the molecule is CCCCN(CCC(=O)N[C@@H](C)CCc1ccccc1)C(=O)c1cnccn1. The Morgan fingerprint density at radius 1 is 1.14 bits per heavy atom. The van der Waals surface area contributed by atoms with Crippen molar-refractivity contribution >= 4 is 11.8 Å². The summed E-state index contributed by atoms with van der Waals surface area (Å²) in [6.45, 7) is 5.09. The number of carbonyl (C=O) groups excluding carboxylic acids is 2. The maximum atomic E-state index is 12.6.